The van der Waals surface area contributed by atoms with Gasteiger partial charge in [-0.15, -0.1) is 0 Å². The number of benzene rings is 2. The number of likely N-dealkylation sites (tertiary alicyclic amines) is 1. The smallest absolute Gasteiger partial charge is 0.419 e. The van der Waals surface area contributed by atoms with E-state index in [0.29, 0.717) is 12.1 Å². The van der Waals surface area contributed by atoms with Crippen LogP contribution in [0.3, 0.4) is 0 Å². The van der Waals surface area contributed by atoms with Crippen LogP contribution in [-0.2, 0) is 16.0 Å². The van der Waals surface area contributed by atoms with Crippen LogP contribution in [0.1, 0.15) is 79.5 Å². The number of hydrogen-bond donors (Lipinski definition) is 0. The Morgan fingerprint density at radius 1 is 1.00 bits per heavy atom. The van der Waals surface area contributed by atoms with E-state index in [1.807, 2.05) is 52.0 Å². The molecule has 0 radical (unpaired) electrons. The fraction of sp³-hybridized carbons (Fsp3) is 0.500. The molecule has 1 saturated carbocycles. The lowest BCUT2D eigenvalue weighted by Gasteiger charge is -2.40. The van der Waals surface area contributed by atoms with Gasteiger partial charge in [0.1, 0.15) is 11.4 Å². The summed E-state index contributed by atoms with van der Waals surface area (Å²) in [5.74, 6) is 2.07. The standard InChI is InChI=1S/C32H40N2O5/c1-20-17-28(37-5)26(25-14-16-34(29(20)25)31(36)39-32(2,3)4)19-33-15-13-24(21-7-8-21)18-27(33)22-9-11-23(12-10-22)30(35)38-6/h9-12,14,16-17,21,24,27H,7-8,13,15,18-19H2,1-6H3/t24-,27-/m1/s1. The van der Waals surface area contributed by atoms with Crippen molar-refractivity contribution in [1.29, 1.82) is 0 Å². The Morgan fingerprint density at radius 3 is 2.33 bits per heavy atom. The van der Waals surface area contributed by atoms with Crippen molar-refractivity contribution < 1.29 is 23.8 Å². The molecule has 0 N–H and O–H groups in total. The van der Waals surface area contributed by atoms with Crippen LogP contribution < -0.4 is 4.74 Å². The number of nitrogens with zero attached hydrogens (tertiary/aromatic N) is 2. The number of hydrogen-bond acceptors (Lipinski definition) is 6. The SMILES string of the molecule is COC(=O)c1ccc([C@H]2C[C@H](C3CC3)CCN2Cc2c(OC)cc(C)c3c2ccn3C(=O)OC(C)(C)C)cc1. The number of carbonyl (C=O) groups excluding carboxylic acids is 2. The number of aromatic nitrogens is 1. The molecule has 1 saturated heterocycles. The zero-order valence-corrected chi connectivity index (χ0v) is 24.0. The molecule has 1 aromatic heterocycles. The molecule has 0 spiro atoms. The molecule has 2 heterocycles. The number of piperidine rings is 1. The Balaban J connectivity index is 1.51. The van der Waals surface area contributed by atoms with Gasteiger partial charge in [-0.2, -0.15) is 0 Å². The fourth-order valence-corrected chi connectivity index (χ4v) is 6.11. The Morgan fingerprint density at radius 2 is 1.72 bits per heavy atom. The quantitative estimate of drug-likeness (QED) is 0.322. The average Bonchev–Trinajstić information content (AvgIpc) is 3.66. The highest BCUT2D eigenvalue weighted by Gasteiger charge is 2.38. The van der Waals surface area contributed by atoms with Gasteiger partial charge in [-0.25, -0.2) is 9.59 Å². The van der Waals surface area contributed by atoms with Gasteiger partial charge in [-0.05, 0) is 107 Å². The minimum Gasteiger partial charge on any atom is -0.496 e. The zero-order valence-electron chi connectivity index (χ0n) is 24.0. The summed E-state index contributed by atoms with van der Waals surface area (Å²) in [6.45, 7) is 9.31. The van der Waals surface area contributed by atoms with Gasteiger partial charge in [0.2, 0.25) is 0 Å². The molecule has 1 aliphatic heterocycles. The van der Waals surface area contributed by atoms with Crippen LogP contribution in [0.4, 0.5) is 4.79 Å². The second-order valence-corrected chi connectivity index (χ2v) is 12.0. The summed E-state index contributed by atoms with van der Waals surface area (Å²) >= 11 is 0. The topological polar surface area (TPSA) is 70.0 Å². The van der Waals surface area contributed by atoms with Crippen LogP contribution in [0, 0.1) is 18.8 Å². The first kappa shape index (κ1) is 27.3. The van der Waals surface area contributed by atoms with E-state index in [0.717, 1.165) is 52.6 Å². The van der Waals surface area contributed by atoms with E-state index in [-0.39, 0.29) is 18.1 Å². The van der Waals surface area contributed by atoms with Crippen molar-refractivity contribution in [3.8, 4) is 5.75 Å². The van der Waals surface area contributed by atoms with Crippen molar-refractivity contribution in [1.82, 2.24) is 9.47 Å². The Hall–Kier alpha value is -3.32. The first-order valence-corrected chi connectivity index (χ1v) is 13.9. The van der Waals surface area contributed by atoms with Crippen LogP contribution in [0.5, 0.6) is 5.75 Å². The van der Waals surface area contributed by atoms with Crippen LogP contribution >= 0.6 is 0 Å². The molecule has 7 nitrogen and oxygen atoms in total. The van der Waals surface area contributed by atoms with Crippen molar-refractivity contribution in [2.75, 3.05) is 20.8 Å². The number of rotatable bonds is 6. The molecular weight excluding hydrogens is 492 g/mol. The first-order chi connectivity index (χ1) is 18.6. The van der Waals surface area contributed by atoms with Crippen molar-refractivity contribution in [3.05, 3.63) is 64.8 Å². The highest BCUT2D eigenvalue weighted by molar-refractivity contribution is 5.95. The lowest BCUT2D eigenvalue weighted by molar-refractivity contribution is 0.0542. The minimum absolute atomic E-state index is 0.227. The van der Waals surface area contributed by atoms with Crippen LogP contribution in [0.25, 0.3) is 10.9 Å². The largest absolute Gasteiger partial charge is 0.496 e. The number of esters is 1. The molecule has 208 valence electrons. The third-order valence-electron chi connectivity index (χ3n) is 8.16. The van der Waals surface area contributed by atoms with Crippen molar-refractivity contribution in [2.45, 2.75) is 71.6 Å². The third-order valence-corrected chi connectivity index (χ3v) is 8.16. The summed E-state index contributed by atoms with van der Waals surface area (Å²) in [6, 6.07) is 12.1. The van der Waals surface area contributed by atoms with Crippen LogP contribution in [-0.4, -0.2) is 47.9 Å². The predicted octanol–water partition coefficient (Wildman–Crippen LogP) is 6.89. The third kappa shape index (κ3) is 5.69. The molecule has 1 aliphatic carbocycles. The summed E-state index contributed by atoms with van der Waals surface area (Å²) in [6.07, 6.45) is 6.37. The van der Waals surface area contributed by atoms with Gasteiger partial charge in [0.05, 0.1) is 25.3 Å². The van der Waals surface area contributed by atoms with Crippen LogP contribution in [0.15, 0.2) is 42.6 Å². The van der Waals surface area contributed by atoms with Crippen LogP contribution in [0.2, 0.25) is 0 Å². The van der Waals surface area contributed by atoms with Gasteiger partial charge in [0.25, 0.3) is 0 Å². The molecule has 0 bridgehead atoms. The van der Waals surface area contributed by atoms with Crippen molar-refractivity contribution >= 4 is 23.0 Å². The molecule has 2 aliphatic rings. The highest BCUT2D eigenvalue weighted by atomic mass is 16.6. The van der Waals surface area contributed by atoms with Gasteiger partial charge in [-0.3, -0.25) is 9.47 Å². The summed E-state index contributed by atoms with van der Waals surface area (Å²) in [5.41, 5.74) is 4.07. The molecule has 0 unspecified atom stereocenters. The molecule has 7 heteroatoms. The predicted molar refractivity (Wildman–Crippen MR) is 151 cm³/mol. The molecule has 39 heavy (non-hydrogen) atoms. The summed E-state index contributed by atoms with van der Waals surface area (Å²) in [7, 11) is 3.11. The maximum atomic E-state index is 13.0. The Labute approximate surface area is 231 Å². The molecule has 5 rings (SSSR count). The summed E-state index contributed by atoms with van der Waals surface area (Å²) in [4.78, 5) is 27.6. The van der Waals surface area contributed by atoms with E-state index >= 15 is 0 Å². The van der Waals surface area contributed by atoms with Gasteiger partial charge < -0.3 is 14.2 Å². The molecule has 2 fully saturated rings. The van der Waals surface area contributed by atoms with Gasteiger partial charge in [0, 0.05) is 29.7 Å². The molecular formula is C32H40N2O5. The highest BCUT2D eigenvalue weighted by Crippen LogP contribution is 2.47. The normalized spacial score (nSPS) is 20.2. The van der Waals surface area contributed by atoms with Crippen molar-refractivity contribution in [3.63, 3.8) is 0 Å². The van der Waals surface area contributed by atoms with E-state index in [4.69, 9.17) is 14.2 Å². The Bertz CT molecular complexity index is 1360. The molecule has 0 amide bonds. The number of ether oxygens (including phenoxy) is 3. The Kier molecular flexibility index (Phi) is 7.47. The van der Waals surface area contributed by atoms with Gasteiger partial charge in [0.15, 0.2) is 0 Å². The summed E-state index contributed by atoms with van der Waals surface area (Å²) in [5, 5.41) is 1.00. The second kappa shape index (κ2) is 10.7. The lowest BCUT2D eigenvalue weighted by atomic mass is 9.83. The maximum absolute atomic E-state index is 13.0. The molecule has 3 aromatic rings. The van der Waals surface area contributed by atoms with E-state index in [1.165, 1.54) is 31.9 Å². The molecule has 2 aromatic carbocycles. The second-order valence-electron chi connectivity index (χ2n) is 12.0. The minimum atomic E-state index is -0.584. The lowest BCUT2D eigenvalue weighted by Crippen LogP contribution is -2.37. The van der Waals surface area contributed by atoms with E-state index in [1.54, 1.807) is 17.9 Å². The van der Waals surface area contributed by atoms with Gasteiger partial charge in [-0.1, -0.05) is 12.1 Å². The molecule has 2 atom stereocenters. The average molecular weight is 533 g/mol. The van der Waals surface area contributed by atoms with E-state index in [2.05, 4.69) is 17.0 Å². The van der Waals surface area contributed by atoms with Crippen molar-refractivity contribution in [2.24, 2.45) is 11.8 Å². The number of fused-ring (bicyclic) bond motifs is 1. The number of methoxy groups -OCH3 is 2. The first-order valence-electron chi connectivity index (χ1n) is 13.9. The number of carbonyl (C=O) groups is 2. The van der Waals surface area contributed by atoms with E-state index in [9.17, 15) is 9.59 Å². The monoisotopic (exact) mass is 532 g/mol. The zero-order chi connectivity index (χ0) is 27.9. The van der Waals surface area contributed by atoms with E-state index < -0.39 is 5.60 Å². The fourth-order valence-electron chi connectivity index (χ4n) is 6.11. The maximum Gasteiger partial charge on any atom is 0.419 e. The number of aryl methyl sites for hydroxylation is 1. The summed E-state index contributed by atoms with van der Waals surface area (Å²) < 4.78 is 18.1. The van der Waals surface area contributed by atoms with Gasteiger partial charge >= 0.3 is 12.1 Å².